The normalized spacial score (nSPS) is 14.6. The molecule has 0 bridgehead atoms. The summed E-state index contributed by atoms with van der Waals surface area (Å²) in [5.41, 5.74) is 0.929. The Bertz CT molecular complexity index is 529. The molecule has 0 spiro atoms. The fraction of sp³-hybridized carbons (Fsp3) is 0.417. The molecule has 1 fully saturated rings. The second-order valence-electron chi connectivity index (χ2n) is 4.60. The first-order chi connectivity index (χ1) is 8.97. The number of hydrogen-bond acceptors (Lipinski definition) is 3. The highest BCUT2D eigenvalue weighted by Crippen LogP contribution is 2.30. The Morgan fingerprint density at radius 2 is 2.16 bits per heavy atom. The van der Waals surface area contributed by atoms with Gasteiger partial charge in [0.1, 0.15) is 0 Å². The van der Waals surface area contributed by atoms with Gasteiger partial charge in [-0.3, -0.25) is 10.1 Å². The van der Waals surface area contributed by atoms with Crippen molar-refractivity contribution in [1.82, 2.24) is 5.32 Å². The Morgan fingerprint density at radius 3 is 2.68 bits per heavy atom. The number of rotatable bonds is 3. The van der Waals surface area contributed by atoms with Crippen LogP contribution in [0, 0.1) is 17.0 Å². The van der Waals surface area contributed by atoms with Crippen molar-refractivity contribution in [2.24, 2.45) is 0 Å². The molecule has 6 nitrogen and oxygen atoms in total. The van der Waals surface area contributed by atoms with E-state index in [0.29, 0.717) is 15.7 Å². The Morgan fingerprint density at radius 1 is 1.47 bits per heavy atom. The highest BCUT2D eigenvalue weighted by molar-refractivity contribution is 9.10. The van der Waals surface area contributed by atoms with Crippen LogP contribution in [-0.2, 0) is 0 Å². The zero-order valence-corrected chi connectivity index (χ0v) is 12.0. The number of nitro groups is 1. The van der Waals surface area contributed by atoms with Crippen LogP contribution in [0.25, 0.3) is 0 Å². The summed E-state index contributed by atoms with van der Waals surface area (Å²) in [6.45, 7) is 1.65. The van der Waals surface area contributed by atoms with Crippen LogP contribution in [0.3, 0.4) is 0 Å². The monoisotopic (exact) mass is 327 g/mol. The minimum Gasteiger partial charge on any atom is -0.335 e. The number of carbonyl (C=O) groups excluding carboxylic acids is 1. The molecule has 0 radical (unpaired) electrons. The van der Waals surface area contributed by atoms with E-state index in [-0.39, 0.29) is 17.8 Å². The molecule has 1 aliphatic carbocycles. The van der Waals surface area contributed by atoms with Crippen LogP contribution in [0.4, 0.5) is 16.2 Å². The zero-order chi connectivity index (χ0) is 14.0. The fourth-order valence-corrected chi connectivity index (χ4v) is 2.41. The van der Waals surface area contributed by atoms with Crippen molar-refractivity contribution in [1.29, 1.82) is 0 Å². The maximum absolute atomic E-state index is 11.7. The average Bonchev–Trinajstić information content (AvgIpc) is 2.27. The van der Waals surface area contributed by atoms with Gasteiger partial charge in [-0.15, -0.1) is 0 Å². The van der Waals surface area contributed by atoms with E-state index in [9.17, 15) is 14.9 Å². The number of halogens is 1. The lowest BCUT2D eigenvalue weighted by Crippen LogP contribution is -2.41. The number of anilines is 1. The first-order valence-corrected chi connectivity index (χ1v) is 6.78. The first-order valence-electron chi connectivity index (χ1n) is 5.99. The third-order valence-corrected chi connectivity index (χ3v) is 3.83. The second kappa shape index (κ2) is 5.56. The molecule has 0 heterocycles. The maximum atomic E-state index is 11.7. The number of hydrogen-bond donors (Lipinski definition) is 2. The van der Waals surface area contributed by atoms with Crippen molar-refractivity contribution in [3.8, 4) is 0 Å². The van der Waals surface area contributed by atoms with Crippen LogP contribution in [0.2, 0.25) is 0 Å². The summed E-state index contributed by atoms with van der Waals surface area (Å²) >= 11 is 3.29. The minimum atomic E-state index is -0.462. The van der Waals surface area contributed by atoms with Crippen LogP contribution < -0.4 is 10.6 Å². The van der Waals surface area contributed by atoms with E-state index >= 15 is 0 Å². The molecule has 1 aliphatic rings. The lowest BCUT2D eigenvalue weighted by atomic mass is 9.93. The summed E-state index contributed by atoms with van der Waals surface area (Å²) < 4.78 is 0.624. The van der Waals surface area contributed by atoms with Crippen LogP contribution in [0.15, 0.2) is 16.6 Å². The number of benzene rings is 1. The van der Waals surface area contributed by atoms with E-state index in [1.807, 2.05) is 0 Å². The summed E-state index contributed by atoms with van der Waals surface area (Å²) in [4.78, 5) is 22.1. The van der Waals surface area contributed by atoms with Crippen LogP contribution >= 0.6 is 15.9 Å². The van der Waals surface area contributed by atoms with Gasteiger partial charge >= 0.3 is 6.03 Å². The molecule has 1 aromatic rings. The summed E-state index contributed by atoms with van der Waals surface area (Å²) in [5.74, 6) is 0. The molecule has 2 rings (SSSR count). The lowest BCUT2D eigenvalue weighted by Gasteiger charge is -2.26. The van der Waals surface area contributed by atoms with Gasteiger partial charge in [0.2, 0.25) is 0 Å². The summed E-state index contributed by atoms with van der Waals surface area (Å²) in [6, 6.07) is 2.87. The Kier molecular flexibility index (Phi) is 4.04. The van der Waals surface area contributed by atoms with Crippen molar-refractivity contribution >= 4 is 33.3 Å². The molecule has 2 amide bonds. The van der Waals surface area contributed by atoms with E-state index in [2.05, 4.69) is 26.6 Å². The van der Waals surface area contributed by atoms with Crippen molar-refractivity contribution in [3.05, 3.63) is 32.3 Å². The second-order valence-corrected chi connectivity index (χ2v) is 5.46. The van der Waals surface area contributed by atoms with Crippen molar-refractivity contribution in [2.45, 2.75) is 32.2 Å². The van der Waals surface area contributed by atoms with Gasteiger partial charge in [0.15, 0.2) is 0 Å². The van der Waals surface area contributed by atoms with Crippen molar-refractivity contribution in [3.63, 3.8) is 0 Å². The highest BCUT2D eigenvalue weighted by atomic mass is 79.9. The maximum Gasteiger partial charge on any atom is 0.319 e. The molecule has 102 valence electrons. The van der Waals surface area contributed by atoms with E-state index in [4.69, 9.17) is 0 Å². The van der Waals surface area contributed by atoms with Gasteiger partial charge in [-0.2, -0.15) is 0 Å². The molecule has 2 N–H and O–H groups in total. The smallest absolute Gasteiger partial charge is 0.319 e. The highest BCUT2D eigenvalue weighted by Gasteiger charge is 2.20. The fourth-order valence-electron chi connectivity index (χ4n) is 1.85. The van der Waals surface area contributed by atoms with E-state index in [1.54, 1.807) is 13.0 Å². The van der Waals surface area contributed by atoms with E-state index in [0.717, 1.165) is 19.3 Å². The number of amides is 2. The van der Waals surface area contributed by atoms with Gasteiger partial charge in [-0.05, 0) is 48.2 Å². The molecule has 0 unspecified atom stereocenters. The third kappa shape index (κ3) is 3.23. The predicted octanol–water partition coefficient (Wildman–Crippen LogP) is 3.34. The number of nitrogens with one attached hydrogen (secondary N) is 2. The molecular weight excluding hydrogens is 314 g/mol. The molecule has 0 atom stereocenters. The topological polar surface area (TPSA) is 84.3 Å². The Balaban J connectivity index is 2.12. The van der Waals surface area contributed by atoms with Gasteiger partial charge in [0, 0.05) is 22.1 Å². The van der Waals surface area contributed by atoms with Gasteiger partial charge < -0.3 is 10.6 Å². The molecule has 1 aromatic carbocycles. The van der Waals surface area contributed by atoms with Crippen molar-refractivity contribution in [2.75, 3.05) is 5.32 Å². The summed E-state index contributed by atoms with van der Waals surface area (Å²) in [6.07, 6.45) is 3.11. The molecule has 7 heteroatoms. The van der Waals surface area contributed by atoms with Crippen molar-refractivity contribution < 1.29 is 9.72 Å². The number of aryl methyl sites for hydroxylation is 1. The minimum absolute atomic E-state index is 0.0119. The summed E-state index contributed by atoms with van der Waals surface area (Å²) in [5, 5.41) is 16.3. The standard InChI is InChI=1S/C12H14BrN3O3/c1-7-5-9(13)10(6-11(7)16(18)19)15-12(17)14-8-3-2-4-8/h5-6,8H,2-4H2,1H3,(H2,14,15,17). The van der Waals surface area contributed by atoms with Gasteiger partial charge in [-0.25, -0.2) is 4.79 Å². The van der Waals surface area contributed by atoms with E-state index in [1.165, 1.54) is 6.07 Å². The van der Waals surface area contributed by atoms with Crippen LogP contribution in [-0.4, -0.2) is 17.0 Å². The largest absolute Gasteiger partial charge is 0.335 e. The molecule has 0 saturated heterocycles. The Labute approximate surface area is 118 Å². The first kappa shape index (κ1) is 13.8. The molecule has 0 aromatic heterocycles. The molecule has 1 saturated carbocycles. The molecule has 0 aliphatic heterocycles. The zero-order valence-electron chi connectivity index (χ0n) is 10.4. The van der Waals surface area contributed by atoms with Gasteiger partial charge in [0.05, 0.1) is 10.6 Å². The van der Waals surface area contributed by atoms with Crippen LogP contribution in [0.5, 0.6) is 0 Å². The number of urea groups is 1. The lowest BCUT2D eigenvalue weighted by molar-refractivity contribution is -0.385. The van der Waals surface area contributed by atoms with E-state index < -0.39 is 4.92 Å². The molecule has 19 heavy (non-hydrogen) atoms. The predicted molar refractivity (Wildman–Crippen MR) is 75.3 cm³/mol. The van der Waals surface area contributed by atoms with Gasteiger partial charge in [0.25, 0.3) is 5.69 Å². The number of nitro benzene ring substituents is 1. The van der Waals surface area contributed by atoms with Crippen LogP contribution in [0.1, 0.15) is 24.8 Å². The van der Waals surface area contributed by atoms with Gasteiger partial charge in [-0.1, -0.05) is 0 Å². The number of carbonyl (C=O) groups is 1. The third-order valence-electron chi connectivity index (χ3n) is 3.17. The number of nitrogens with zero attached hydrogens (tertiary/aromatic N) is 1. The summed E-state index contributed by atoms with van der Waals surface area (Å²) in [7, 11) is 0. The SMILES string of the molecule is Cc1cc(Br)c(NC(=O)NC2CCC2)cc1[N+](=O)[O-]. The Hall–Kier alpha value is -1.63. The molecular formula is C12H14BrN3O3. The average molecular weight is 328 g/mol. The quantitative estimate of drug-likeness (QED) is 0.659.